The van der Waals surface area contributed by atoms with Crippen molar-refractivity contribution in [3.63, 3.8) is 0 Å². The summed E-state index contributed by atoms with van der Waals surface area (Å²) in [6, 6.07) is 6.30. The molecule has 1 fully saturated rings. The highest BCUT2D eigenvalue weighted by molar-refractivity contribution is 5.89. The molecule has 1 aromatic carbocycles. The number of rotatable bonds is 6. The summed E-state index contributed by atoms with van der Waals surface area (Å²) >= 11 is 0. The lowest BCUT2D eigenvalue weighted by atomic mass is 9.97. The highest BCUT2D eigenvalue weighted by atomic mass is 16.3. The fraction of sp³-hybridized carbons (Fsp3) is 0.667. The predicted octanol–water partition coefficient (Wildman–Crippen LogP) is 3.67. The zero-order valence-corrected chi connectivity index (χ0v) is 17.0. The van der Waals surface area contributed by atoms with Crippen LogP contribution in [0.1, 0.15) is 51.2 Å². The van der Waals surface area contributed by atoms with E-state index < -0.39 is 0 Å². The molecule has 146 valence electrons. The predicted molar refractivity (Wildman–Crippen MR) is 108 cm³/mol. The van der Waals surface area contributed by atoms with Gasteiger partial charge in [-0.15, -0.1) is 0 Å². The highest BCUT2D eigenvalue weighted by Crippen LogP contribution is 2.23. The van der Waals surface area contributed by atoms with Gasteiger partial charge in [-0.3, -0.25) is 4.90 Å². The molecular formula is C21H35N3O2. The van der Waals surface area contributed by atoms with E-state index in [2.05, 4.69) is 57.0 Å². The Bertz CT molecular complexity index is 601. The van der Waals surface area contributed by atoms with Gasteiger partial charge in [0.2, 0.25) is 0 Å². The van der Waals surface area contributed by atoms with E-state index in [0.29, 0.717) is 24.8 Å². The van der Waals surface area contributed by atoms with Gasteiger partial charge in [0.1, 0.15) is 0 Å². The van der Waals surface area contributed by atoms with Gasteiger partial charge in [0.05, 0.1) is 0 Å². The van der Waals surface area contributed by atoms with Gasteiger partial charge >= 0.3 is 6.03 Å². The van der Waals surface area contributed by atoms with Crippen molar-refractivity contribution in [3.05, 3.63) is 29.3 Å². The Morgan fingerprint density at radius 3 is 2.62 bits per heavy atom. The molecule has 2 amide bonds. The summed E-state index contributed by atoms with van der Waals surface area (Å²) in [5.41, 5.74) is 3.37. The van der Waals surface area contributed by atoms with Crippen LogP contribution < -0.4 is 5.32 Å². The molecule has 0 spiro atoms. The molecule has 0 unspecified atom stereocenters. The summed E-state index contributed by atoms with van der Waals surface area (Å²) in [7, 11) is 0. The minimum absolute atomic E-state index is 0.0457. The first-order valence-electron chi connectivity index (χ1n) is 9.83. The Morgan fingerprint density at radius 2 is 2.00 bits per heavy atom. The monoisotopic (exact) mass is 361 g/mol. The van der Waals surface area contributed by atoms with Crippen LogP contribution in [0.5, 0.6) is 0 Å². The second-order valence-electron chi connectivity index (χ2n) is 8.16. The molecule has 1 aliphatic rings. The van der Waals surface area contributed by atoms with Gasteiger partial charge in [-0.25, -0.2) is 4.79 Å². The molecule has 1 saturated heterocycles. The van der Waals surface area contributed by atoms with Crippen molar-refractivity contribution in [1.29, 1.82) is 0 Å². The molecule has 0 bridgehead atoms. The number of hydrogen-bond acceptors (Lipinski definition) is 3. The minimum Gasteiger partial charge on any atom is -0.396 e. The normalized spacial score (nSPS) is 18.6. The molecule has 26 heavy (non-hydrogen) atoms. The molecule has 1 aliphatic heterocycles. The maximum atomic E-state index is 12.7. The lowest BCUT2D eigenvalue weighted by molar-refractivity contribution is 0.0689. The van der Waals surface area contributed by atoms with E-state index in [9.17, 15) is 9.90 Å². The SMILES string of the molecule is Cc1ccc(NC(=O)N2CCN(CC(C)C)[C@@H](CCO)C2)cc1C(C)C. The maximum absolute atomic E-state index is 12.7. The number of hydrogen-bond donors (Lipinski definition) is 2. The molecule has 0 aliphatic carbocycles. The zero-order valence-electron chi connectivity index (χ0n) is 17.0. The third-order valence-corrected chi connectivity index (χ3v) is 5.11. The van der Waals surface area contributed by atoms with Crippen molar-refractivity contribution in [2.24, 2.45) is 5.92 Å². The average molecular weight is 362 g/mol. The van der Waals surface area contributed by atoms with Crippen molar-refractivity contribution in [1.82, 2.24) is 9.80 Å². The Kier molecular flexibility index (Phi) is 7.47. The van der Waals surface area contributed by atoms with Crippen LogP contribution in [-0.2, 0) is 0 Å². The smallest absolute Gasteiger partial charge is 0.321 e. The molecule has 1 aromatic rings. The third kappa shape index (κ3) is 5.45. The number of carbonyl (C=O) groups is 1. The number of nitrogens with zero attached hydrogens (tertiary/aromatic N) is 2. The Balaban J connectivity index is 2.02. The second kappa shape index (κ2) is 9.38. The largest absolute Gasteiger partial charge is 0.396 e. The molecule has 0 saturated carbocycles. The first-order valence-corrected chi connectivity index (χ1v) is 9.83. The van der Waals surface area contributed by atoms with E-state index in [1.54, 1.807) is 0 Å². The van der Waals surface area contributed by atoms with Crippen LogP contribution in [-0.4, -0.2) is 59.8 Å². The Morgan fingerprint density at radius 1 is 1.27 bits per heavy atom. The number of piperazine rings is 1. The van der Waals surface area contributed by atoms with Crippen LogP contribution in [0.15, 0.2) is 18.2 Å². The van der Waals surface area contributed by atoms with E-state index in [1.807, 2.05) is 11.0 Å². The molecule has 2 rings (SSSR count). The fourth-order valence-corrected chi connectivity index (χ4v) is 3.75. The number of aliphatic hydroxyl groups excluding tert-OH is 1. The van der Waals surface area contributed by atoms with E-state index in [-0.39, 0.29) is 18.7 Å². The minimum atomic E-state index is -0.0457. The highest BCUT2D eigenvalue weighted by Gasteiger charge is 2.29. The maximum Gasteiger partial charge on any atom is 0.321 e. The summed E-state index contributed by atoms with van der Waals surface area (Å²) in [4.78, 5) is 17.0. The average Bonchev–Trinajstić information content (AvgIpc) is 2.57. The second-order valence-corrected chi connectivity index (χ2v) is 8.16. The molecule has 0 aromatic heterocycles. The number of carbonyl (C=O) groups excluding carboxylic acids is 1. The van der Waals surface area contributed by atoms with Crippen LogP contribution in [0, 0.1) is 12.8 Å². The van der Waals surface area contributed by atoms with Crippen molar-refractivity contribution in [2.45, 2.75) is 53.0 Å². The zero-order chi connectivity index (χ0) is 19.3. The third-order valence-electron chi connectivity index (χ3n) is 5.11. The van der Waals surface area contributed by atoms with Gasteiger partial charge in [0, 0.05) is 44.5 Å². The van der Waals surface area contributed by atoms with Crippen molar-refractivity contribution < 1.29 is 9.90 Å². The van der Waals surface area contributed by atoms with Crippen LogP contribution >= 0.6 is 0 Å². The number of aryl methyl sites for hydroxylation is 1. The lowest BCUT2D eigenvalue weighted by Gasteiger charge is -2.42. The van der Waals surface area contributed by atoms with Gasteiger partial charge in [-0.2, -0.15) is 0 Å². The standard InChI is InChI=1S/C21H35N3O2/c1-15(2)13-23-9-10-24(14-19(23)8-11-25)21(26)22-18-7-6-17(5)20(12-18)16(3)4/h6-7,12,15-16,19,25H,8-11,13-14H2,1-5H3,(H,22,26)/t19-/m0/s1. The summed E-state index contributed by atoms with van der Waals surface area (Å²) in [6.45, 7) is 14.3. The van der Waals surface area contributed by atoms with Crippen molar-refractivity contribution >= 4 is 11.7 Å². The van der Waals surface area contributed by atoms with Crippen LogP contribution in [0.3, 0.4) is 0 Å². The quantitative estimate of drug-likeness (QED) is 0.813. The molecule has 1 heterocycles. The van der Waals surface area contributed by atoms with Gasteiger partial charge in [0.15, 0.2) is 0 Å². The topological polar surface area (TPSA) is 55.8 Å². The molecule has 1 atom stereocenters. The number of amides is 2. The summed E-state index contributed by atoms with van der Waals surface area (Å²) in [5.74, 6) is 1.01. The number of anilines is 1. The van der Waals surface area contributed by atoms with Crippen LogP contribution in [0.25, 0.3) is 0 Å². The summed E-state index contributed by atoms with van der Waals surface area (Å²) in [6.07, 6.45) is 0.707. The van der Waals surface area contributed by atoms with Crippen LogP contribution in [0.4, 0.5) is 10.5 Å². The van der Waals surface area contributed by atoms with Gasteiger partial charge < -0.3 is 15.3 Å². The molecule has 2 N–H and O–H groups in total. The molecular weight excluding hydrogens is 326 g/mol. The molecule has 5 nitrogen and oxygen atoms in total. The molecule has 0 radical (unpaired) electrons. The van der Waals surface area contributed by atoms with E-state index in [0.717, 1.165) is 25.3 Å². The van der Waals surface area contributed by atoms with Gasteiger partial charge in [-0.1, -0.05) is 33.8 Å². The first-order chi connectivity index (χ1) is 12.3. The Hall–Kier alpha value is -1.59. The van der Waals surface area contributed by atoms with Gasteiger partial charge in [-0.05, 0) is 48.4 Å². The van der Waals surface area contributed by atoms with E-state index in [4.69, 9.17) is 0 Å². The van der Waals surface area contributed by atoms with E-state index in [1.165, 1.54) is 11.1 Å². The summed E-state index contributed by atoms with van der Waals surface area (Å²) < 4.78 is 0. The van der Waals surface area contributed by atoms with Crippen molar-refractivity contribution in [2.75, 3.05) is 38.1 Å². The van der Waals surface area contributed by atoms with Gasteiger partial charge in [0.25, 0.3) is 0 Å². The lowest BCUT2D eigenvalue weighted by Crippen LogP contribution is -2.56. The summed E-state index contributed by atoms with van der Waals surface area (Å²) in [5, 5.41) is 12.5. The number of aliphatic hydroxyl groups is 1. The first kappa shape index (κ1) is 20.7. The number of nitrogens with one attached hydrogen (secondary N) is 1. The Labute approximate surface area is 158 Å². The number of urea groups is 1. The van der Waals surface area contributed by atoms with Crippen LogP contribution in [0.2, 0.25) is 0 Å². The fourth-order valence-electron chi connectivity index (χ4n) is 3.75. The van der Waals surface area contributed by atoms with E-state index >= 15 is 0 Å². The number of benzene rings is 1. The van der Waals surface area contributed by atoms with Crippen molar-refractivity contribution in [3.8, 4) is 0 Å². The molecule has 5 heteroatoms.